The zero-order chi connectivity index (χ0) is 17.6. The van der Waals surface area contributed by atoms with Crippen molar-refractivity contribution in [1.29, 1.82) is 0 Å². The molecule has 1 amide bonds. The number of carbonyl (C=O) groups excluding carboxylic acids is 1. The van der Waals surface area contributed by atoms with Crippen molar-refractivity contribution in [2.45, 2.75) is 26.3 Å². The Morgan fingerprint density at radius 2 is 2.08 bits per heavy atom. The van der Waals surface area contributed by atoms with E-state index >= 15 is 0 Å². The number of amides is 1. The van der Waals surface area contributed by atoms with Crippen LogP contribution in [0.25, 0.3) is 11.4 Å². The number of halogens is 1. The molecule has 3 rings (SSSR count). The molecule has 3 aromatic rings. The van der Waals surface area contributed by atoms with E-state index in [1.165, 1.54) is 12.1 Å². The second-order valence-electron chi connectivity index (χ2n) is 5.51. The summed E-state index contributed by atoms with van der Waals surface area (Å²) in [4.78, 5) is 19.6. The molecule has 0 saturated heterocycles. The van der Waals surface area contributed by atoms with Crippen LogP contribution in [-0.2, 0) is 17.8 Å². The normalized spacial score (nSPS) is 10.8. The third-order valence-electron chi connectivity index (χ3n) is 3.78. The van der Waals surface area contributed by atoms with E-state index in [4.69, 9.17) is 4.52 Å². The molecule has 0 atom stereocenters. The van der Waals surface area contributed by atoms with Gasteiger partial charge in [0.05, 0.1) is 6.54 Å². The summed E-state index contributed by atoms with van der Waals surface area (Å²) in [5.74, 6) is 0.536. The topological polar surface area (TPSA) is 59.2 Å². The van der Waals surface area contributed by atoms with Gasteiger partial charge in [-0.1, -0.05) is 11.2 Å². The van der Waals surface area contributed by atoms with Crippen LogP contribution >= 0.6 is 11.3 Å². The Kier molecular flexibility index (Phi) is 5.55. The number of rotatable bonds is 7. The largest absolute Gasteiger partial charge is 0.339 e. The van der Waals surface area contributed by atoms with Gasteiger partial charge in [-0.05, 0) is 42.6 Å². The highest BCUT2D eigenvalue weighted by Gasteiger charge is 2.15. The molecule has 25 heavy (non-hydrogen) atoms. The van der Waals surface area contributed by atoms with Crippen molar-refractivity contribution in [3.63, 3.8) is 0 Å². The van der Waals surface area contributed by atoms with Crippen LogP contribution in [0.5, 0.6) is 0 Å². The summed E-state index contributed by atoms with van der Waals surface area (Å²) in [5.41, 5.74) is 0.676. The van der Waals surface area contributed by atoms with Gasteiger partial charge in [0.15, 0.2) is 0 Å². The second kappa shape index (κ2) is 8.02. The molecule has 0 radical (unpaired) electrons. The highest BCUT2D eigenvalue weighted by molar-refractivity contribution is 7.09. The smallest absolute Gasteiger partial charge is 0.227 e. The summed E-state index contributed by atoms with van der Waals surface area (Å²) in [6, 6.07) is 9.88. The summed E-state index contributed by atoms with van der Waals surface area (Å²) in [5, 5.41) is 5.89. The summed E-state index contributed by atoms with van der Waals surface area (Å²) < 4.78 is 18.2. The molecule has 2 heterocycles. The van der Waals surface area contributed by atoms with Crippen molar-refractivity contribution in [2.24, 2.45) is 0 Å². The van der Waals surface area contributed by atoms with Gasteiger partial charge < -0.3 is 9.42 Å². The summed E-state index contributed by atoms with van der Waals surface area (Å²) in [6.45, 7) is 3.24. The number of aromatic nitrogens is 2. The Morgan fingerprint density at radius 3 is 2.76 bits per heavy atom. The van der Waals surface area contributed by atoms with Gasteiger partial charge in [0.25, 0.3) is 0 Å². The van der Waals surface area contributed by atoms with Crippen LogP contribution in [0.3, 0.4) is 0 Å². The number of hydrogen-bond donors (Lipinski definition) is 0. The highest BCUT2D eigenvalue weighted by Crippen LogP contribution is 2.17. The predicted octanol–water partition coefficient (Wildman–Crippen LogP) is 3.92. The molecule has 7 heteroatoms. The number of carbonyl (C=O) groups is 1. The lowest BCUT2D eigenvalue weighted by atomic mass is 10.2. The van der Waals surface area contributed by atoms with E-state index < -0.39 is 0 Å². The third-order valence-corrected chi connectivity index (χ3v) is 4.65. The standard InChI is InChI=1S/C18H18FN3O2S/c1-2-22(12-15-4-3-11-25-15)17(23)10-9-16-20-18(21-24-16)13-5-7-14(19)8-6-13/h3-8,11H,2,9-10,12H2,1H3. The predicted molar refractivity (Wildman–Crippen MR) is 93.4 cm³/mol. The van der Waals surface area contributed by atoms with Gasteiger partial charge in [0, 0.05) is 29.8 Å². The van der Waals surface area contributed by atoms with Gasteiger partial charge in [0.1, 0.15) is 5.82 Å². The van der Waals surface area contributed by atoms with Gasteiger partial charge in [-0.25, -0.2) is 4.39 Å². The summed E-state index contributed by atoms with van der Waals surface area (Å²) in [7, 11) is 0. The summed E-state index contributed by atoms with van der Waals surface area (Å²) in [6.07, 6.45) is 0.693. The Bertz CT molecular complexity index is 815. The molecule has 130 valence electrons. The van der Waals surface area contributed by atoms with E-state index in [0.717, 1.165) is 4.88 Å². The zero-order valence-electron chi connectivity index (χ0n) is 13.8. The van der Waals surface area contributed by atoms with Crippen molar-refractivity contribution in [3.8, 4) is 11.4 Å². The molecular formula is C18H18FN3O2S. The molecule has 0 bridgehead atoms. The average molecular weight is 359 g/mol. The van der Waals surface area contributed by atoms with Crippen molar-refractivity contribution in [3.05, 3.63) is 58.4 Å². The zero-order valence-corrected chi connectivity index (χ0v) is 14.6. The fourth-order valence-electron chi connectivity index (χ4n) is 2.41. The highest BCUT2D eigenvalue weighted by atomic mass is 32.1. The molecule has 0 N–H and O–H groups in total. The fraction of sp³-hybridized carbons (Fsp3) is 0.278. The maximum atomic E-state index is 13.0. The average Bonchev–Trinajstić information content (AvgIpc) is 3.30. The third kappa shape index (κ3) is 4.51. The van der Waals surface area contributed by atoms with Crippen LogP contribution in [0.2, 0.25) is 0 Å². The molecular weight excluding hydrogens is 341 g/mol. The molecule has 5 nitrogen and oxygen atoms in total. The SMILES string of the molecule is CCN(Cc1cccs1)C(=O)CCc1nc(-c2ccc(F)cc2)no1. The first-order valence-corrected chi connectivity index (χ1v) is 8.92. The van der Waals surface area contributed by atoms with Crippen molar-refractivity contribution in [1.82, 2.24) is 15.0 Å². The Morgan fingerprint density at radius 1 is 1.28 bits per heavy atom. The van der Waals surface area contributed by atoms with E-state index in [0.29, 0.717) is 43.2 Å². The molecule has 0 aliphatic carbocycles. The van der Waals surface area contributed by atoms with Gasteiger partial charge in [-0.15, -0.1) is 11.3 Å². The van der Waals surface area contributed by atoms with E-state index in [1.54, 1.807) is 23.5 Å². The number of nitrogens with zero attached hydrogens (tertiary/aromatic N) is 3. The molecule has 0 aliphatic heterocycles. The number of hydrogen-bond acceptors (Lipinski definition) is 5. The molecule has 0 spiro atoms. The van der Waals surface area contributed by atoms with Gasteiger partial charge in [-0.3, -0.25) is 4.79 Å². The Labute approximate surface area is 149 Å². The Hall–Kier alpha value is -2.54. The van der Waals surface area contributed by atoms with Crippen molar-refractivity contribution < 1.29 is 13.7 Å². The van der Waals surface area contributed by atoms with Gasteiger partial charge in [0.2, 0.25) is 17.6 Å². The minimum atomic E-state index is -0.316. The first kappa shape index (κ1) is 17.3. The maximum Gasteiger partial charge on any atom is 0.227 e. The van der Waals surface area contributed by atoms with Crippen LogP contribution in [0.15, 0.2) is 46.3 Å². The van der Waals surface area contributed by atoms with Crippen molar-refractivity contribution >= 4 is 17.2 Å². The monoisotopic (exact) mass is 359 g/mol. The van der Waals surface area contributed by atoms with Gasteiger partial charge in [-0.2, -0.15) is 4.98 Å². The maximum absolute atomic E-state index is 13.0. The number of aryl methyl sites for hydroxylation is 1. The summed E-state index contributed by atoms with van der Waals surface area (Å²) >= 11 is 1.64. The van der Waals surface area contributed by atoms with Crippen LogP contribution in [0.1, 0.15) is 24.1 Å². The minimum absolute atomic E-state index is 0.0532. The van der Waals surface area contributed by atoms with E-state index in [-0.39, 0.29) is 11.7 Å². The van der Waals surface area contributed by atoms with Crippen LogP contribution in [0, 0.1) is 5.82 Å². The molecule has 2 aromatic heterocycles. The molecule has 0 unspecified atom stereocenters. The molecule has 0 saturated carbocycles. The van der Waals surface area contributed by atoms with E-state index in [1.807, 2.05) is 29.3 Å². The van der Waals surface area contributed by atoms with Crippen LogP contribution < -0.4 is 0 Å². The number of thiophene rings is 1. The second-order valence-corrected chi connectivity index (χ2v) is 6.54. The van der Waals surface area contributed by atoms with Crippen LogP contribution in [0.4, 0.5) is 4.39 Å². The Balaban J connectivity index is 1.57. The minimum Gasteiger partial charge on any atom is -0.339 e. The lowest BCUT2D eigenvalue weighted by Crippen LogP contribution is -2.30. The molecule has 0 aliphatic rings. The first-order valence-electron chi connectivity index (χ1n) is 8.04. The lowest BCUT2D eigenvalue weighted by Gasteiger charge is -2.19. The number of benzene rings is 1. The van der Waals surface area contributed by atoms with Crippen LogP contribution in [-0.4, -0.2) is 27.5 Å². The molecule has 0 fully saturated rings. The van der Waals surface area contributed by atoms with Gasteiger partial charge >= 0.3 is 0 Å². The first-order chi connectivity index (χ1) is 12.2. The fourth-order valence-corrected chi connectivity index (χ4v) is 3.13. The molecule has 1 aromatic carbocycles. The lowest BCUT2D eigenvalue weighted by molar-refractivity contribution is -0.131. The van der Waals surface area contributed by atoms with Crippen molar-refractivity contribution in [2.75, 3.05) is 6.54 Å². The quantitative estimate of drug-likeness (QED) is 0.641. The van der Waals surface area contributed by atoms with E-state index in [9.17, 15) is 9.18 Å². The van der Waals surface area contributed by atoms with E-state index in [2.05, 4.69) is 10.1 Å².